The second kappa shape index (κ2) is 4.54. The van der Waals surface area contributed by atoms with Crippen molar-refractivity contribution in [2.45, 2.75) is 18.2 Å². The van der Waals surface area contributed by atoms with Crippen molar-refractivity contribution in [3.63, 3.8) is 0 Å². The molecule has 0 aliphatic carbocycles. The van der Waals surface area contributed by atoms with E-state index in [1.54, 1.807) is 0 Å². The summed E-state index contributed by atoms with van der Waals surface area (Å²) in [6.45, 7) is 0. The third-order valence-electron chi connectivity index (χ3n) is 3.44. The van der Waals surface area contributed by atoms with Crippen molar-refractivity contribution in [2.75, 3.05) is 5.32 Å². The highest BCUT2D eigenvalue weighted by Gasteiger charge is 2.60. The van der Waals surface area contributed by atoms with Crippen LogP contribution in [-0.2, 0) is 10.4 Å². The smallest absolute Gasteiger partial charge is 0.376 e. The number of aromatic amines is 1. The van der Waals surface area contributed by atoms with Gasteiger partial charge in [-0.25, -0.2) is 4.39 Å². The molecule has 1 aromatic carbocycles. The number of hydrogen-bond donors (Lipinski definition) is 3. The molecule has 0 spiro atoms. The van der Waals surface area contributed by atoms with Crippen molar-refractivity contribution in [1.82, 2.24) is 10.2 Å². The molecule has 1 aliphatic heterocycles. The van der Waals surface area contributed by atoms with Crippen LogP contribution in [0.1, 0.15) is 12.0 Å². The van der Waals surface area contributed by atoms with E-state index in [9.17, 15) is 27.5 Å². The van der Waals surface area contributed by atoms with Gasteiger partial charge in [-0.2, -0.15) is 18.3 Å². The number of H-pyrrole nitrogens is 1. The van der Waals surface area contributed by atoms with Crippen LogP contribution in [0.3, 0.4) is 0 Å². The first-order valence-corrected chi connectivity index (χ1v) is 6.16. The van der Waals surface area contributed by atoms with Crippen LogP contribution in [0.25, 0.3) is 11.3 Å². The molecule has 0 fully saturated rings. The molecule has 3 rings (SSSR count). The van der Waals surface area contributed by atoms with Crippen molar-refractivity contribution in [3.8, 4) is 11.3 Å². The Bertz CT molecular complexity index is 756. The monoisotopic (exact) mass is 315 g/mol. The maximum absolute atomic E-state index is 13.3. The fraction of sp³-hybridized carbons (Fsp3) is 0.231. The molecule has 2 heterocycles. The third kappa shape index (κ3) is 2.05. The Labute approximate surface area is 121 Å². The number of anilines is 1. The lowest BCUT2D eigenvalue weighted by Crippen LogP contribution is -2.48. The summed E-state index contributed by atoms with van der Waals surface area (Å²) < 4.78 is 53.1. The number of fused-ring (bicyclic) bond motifs is 1. The number of alkyl halides is 3. The number of halogens is 4. The minimum atomic E-state index is -5.09. The molecule has 1 aromatic heterocycles. The van der Waals surface area contributed by atoms with Gasteiger partial charge in [0.15, 0.2) is 11.4 Å². The molecule has 9 heteroatoms. The molecule has 1 atom stereocenters. The topological polar surface area (TPSA) is 78.0 Å². The van der Waals surface area contributed by atoms with E-state index in [0.717, 1.165) is 12.1 Å². The number of amides is 1. The van der Waals surface area contributed by atoms with E-state index in [1.165, 1.54) is 12.1 Å². The molecule has 2 aromatic rings. The lowest BCUT2D eigenvalue weighted by atomic mass is 9.85. The van der Waals surface area contributed by atoms with Crippen LogP contribution in [0.5, 0.6) is 0 Å². The largest absolute Gasteiger partial charge is 0.422 e. The minimum absolute atomic E-state index is 0.0765. The average Bonchev–Trinajstić information content (AvgIpc) is 2.81. The lowest BCUT2D eigenvalue weighted by molar-refractivity contribution is -0.267. The van der Waals surface area contributed by atoms with Gasteiger partial charge in [-0.15, -0.1) is 0 Å². The van der Waals surface area contributed by atoms with Crippen LogP contribution < -0.4 is 5.32 Å². The molecular weight excluding hydrogens is 306 g/mol. The van der Waals surface area contributed by atoms with E-state index < -0.39 is 41.3 Å². The van der Waals surface area contributed by atoms with Crippen LogP contribution in [0.15, 0.2) is 24.3 Å². The summed E-state index contributed by atoms with van der Waals surface area (Å²) in [6, 6.07) is 4.81. The van der Waals surface area contributed by atoms with E-state index in [2.05, 4.69) is 15.5 Å². The zero-order valence-electron chi connectivity index (χ0n) is 10.8. The molecular formula is C13H9F4N3O2. The second-order valence-electron chi connectivity index (χ2n) is 4.92. The number of carbonyl (C=O) groups excluding carboxylic acids is 1. The van der Waals surface area contributed by atoms with E-state index in [1.807, 2.05) is 0 Å². The van der Waals surface area contributed by atoms with E-state index in [4.69, 9.17) is 0 Å². The zero-order chi connectivity index (χ0) is 16.1. The first-order chi connectivity index (χ1) is 10.2. The lowest BCUT2D eigenvalue weighted by Gasteiger charge is -2.33. The Kier molecular flexibility index (Phi) is 2.99. The molecule has 0 unspecified atom stereocenters. The third-order valence-corrected chi connectivity index (χ3v) is 3.44. The van der Waals surface area contributed by atoms with Crippen molar-refractivity contribution >= 4 is 11.7 Å². The number of aliphatic hydroxyl groups is 1. The molecule has 0 radical (unpaired) electrons. The summed E-state index contributed by atoms with van der Waals surface area (Å²) >= 11 is 0. The number of nitrogens with zero attached hydrogens (tertiary/aromatic N) is 1. The molecule has 3 N–H and O–H groups in total. The predicted molar refractivity (Wildman–Crippen MR) is 67.2 cm³/mol. The Morgan fingerprint density at radius 3 is 2.68 bits per heavy atom. The SMILES string of the molecule is O=C1C[C@](O)(C(F)(F)F)c2c(n[nH]c2-c2cccc(F)c2)N1. The van der Waals surface area contributed by atoms with Crippen molar-refractivity contribution < 1.29 is 27.5 Å². The van der Waals surface area contributed by atoms with Crippen molar-refractivity contribution in [1.29, 1.82) is 0 Å². The van der Waals surface area contributed by atoms with Gasteiger partial charge in [0.05, 0.1) is 17.7 Å². The fourth-order valence-corrected chi connectivity index (χ4v) is 2.43. The quantitative estimate of drug-likeness (QED) is 0.707. The van der Waals surface area contributed by atoms with Gasteiger partial charge in [0.25, 0.3) is 0 Å². The number of rotatable bonds is 1. The summed E-state index contributed by atoms with van der Waals surface area (Å²) in [7, 11) is 0. The Balaban J connectivity index is 2.25. The highest BCUT2D eigenvalue weighted by atomic mass is 19.4. The molecule has 0 saturated carbocycles. The molecule has 116 valence electrons. The molecule has 0 saturated heterocycles. The average molecular weight is 315 g/mol. The van der Waals surface area contributed by atoms with Crippen LogP contribution >= 0.6 is 0 Å². The van der Waals surface area contributed by atoms with Gasteiger partial charge >= 0.3 is 6.18 Å². The Hall–Kier alpha value is -2.42. The first kappa shape index (κ1) is 14.5. The van der Waals surface area contributed by atoms with Crippen LogP contribution in [0.2, 0.25) is 0 Å². The van der Waals surface area contributed by atoms with Crippen molar-refractivity contribution in [3.05, 3.63) is 35.6 Å². The number of nitrogens with one attached hydrogen (secondary N) is 2. The fourth-order valence-electron chi connectivity index (χ4n) is 2.43. The molecule has 22 heavy (non-hydrogen) atoms. The Morgan fingerprint density at radius 2 is 2.05 bits per heavy atom. The molecule has 5 nitrogen and oxygen atoms in total. The summed E-state index contributed by atoms with van der Waals surface area (Å²) in [6.07, 6.45) is -6.28. The maximum atomic E-state index is 13.3. The zero-order valence-corrected chi connectivity index (χ0v) is 10.8. The number of hydrogen-bond acceptors (Lipinski definition) is 3. The molecule has 1 aliphatic rings. The highest BCUT2D eigenvalue weighted by Crippen LogP contribution is 2.49. The van der Waals surface area contributed by atoms with Gasteiger partial charge in [-0.1, -0.05) is 12.1 Å². The minimum Gasteiger partial charge on any atom is -0.376 e. The number of aromatic nitrogens is 2. The summed E-state index contributed by atoms with van der Waals surface area (Å²) in [5, 5.41) is 18.1. The van der Waals surface area contributed by atoms with Crippen LogP contribution in [-0.4, -0.2) is 27.4 Å². The summed E-state index contributed by atoms with van der Waals surface area (Å²) in [5.74, 6) is -2.09. The summed E-state index contributed by atoms with van der Waals surface area (Å²) in [5.41, 5.74) is -4.13. The molecule has 0 bridgehead atoms. The van der Waals surface area contributed by atoms with Gasteiger partial charge in [-0.3, -0.25) is 9.89 Å². The predicted octanol–water partition coefficient (Wildman–Crippen LogP) is 2.31. The van der Waals surface area contributed by atoms with E-state index in [0.29, 0.717) is 0 Å². The van der Waals surface area contributed by atoms with Gasteiger partial charge in [-0.05, 0) is 12.1 Å². The van der Waals surface area contributed by atoms with Gasteiger partial charge in [0.2, 0.25) is 5.91 Å². The molecule has 1 amide bonds. The van der Waals surface area contributed by atoms with E-state index >= 15 is 0 Å². The van der Waals surface area contributed by atoms with E-state index in [-0.39, 0.29) is 11.3 Å². The summed E-state index contributed by atoms with van der Waals surface area (Å²) in [4.78, 5) is 11.4. The van der Waals surface area contributed by atoms with Gasteiger partial charge in [0, 0.05) is 5.56 Å². The highest BCUT2D eigenvalue weighted by molar-refractivity contribution is 5.96. The van der Waals surface area contributed by atoms with Gasteiger partial charge in [0.1, 0.15) is 5.82 Å². The van der Waals surface area contributed by atoms with Crippen molar-refractivity contribution in [2.24, 2.45) is 0 Å². The number of benzene rings is 1. The number of carbonyl (C=O) groups is 1. The first-order valence-electron chi connectivity index (χ1n) is 6.16. The standard InChI is InChI=1S/C13H9F4N3O2/c14-7-3-1-2-6(4-7)10-9-11(20-19-10)18-8(21)5-12(9,22)13(15,16)17/h1-4,22H,5H2,(H2,18,19,20,21)/t12-/m1/s1. The Morgan fingerprint density at radius 1 is 1.32 bits per heavy atom. The van der Waals surface area contributed by atoms with Crippen LogP contribution in [0, 0.1) is 5.82 Å². The second-order valence-corrected chi connectivity index (χ2v) is 4.92. The normalized spacial score (nSPS) is 21.4. The van der Waals surface area contributed by atoms with Crippen LogP contribution in [0.4, 0.5) is 23.4 Å². The van der Waals surface area contributed by atoms with Gasteiger partial charge < -0.3 is 10.4 Å². The maximum Gasteiger partial charge on any atom is 0.422 e.